The number of aromatic nitrogens is 2. The van der Waals surface area contributed by atoms with Crippen LogP contribution in [0.2, 0.25) is 0 Å². The summed E-state index contributed by atoms with van der Waals surface area (Å²) in [4.78, 5) is 11.9. The number of carbonyl (C=O) groups is 1. The summed E-state index contributed by atoms with van der Waals surface area (Å²) in [7, 11) is 1.70. The molecule has 1 saturated heterocycles. The molecule has 1 aromatic heterocycles. The average molecular weight is 262 g/mol. The zero-order valence-corrected chi connectivity index (χ0v) is 11.1. The fourth-order valence-electron chi connectivity index (χ4n) is 2.19. The fraction of sp³-hybridized carbons (Fsp3) is 0.615. The van der Waals surface area contributed by atoms with Gasteiger partial charge in [0, 0.05) is 20.1 Å². The first-order chi connectivity index (χ1) is 9.20. The molecule has 0 saturated carbocycles. The lowest BCUT2D eigenvalue weighted by molar-refractivity contribution is -0.117. The van der Waals surface area contributed by atoms with Crippen molar-refractivity contribution >= 4 is 11.7 Å². The van der Waals surface area contributed by atoms with E-state index in [0.717, 1.165) is 25.9 Å². The van der Waals surface area contributed by atoms with Crippen LogP contribution in [0.25, 0.3) is 0 Å². The van der Waals surface area contributed by atoms with Crippen molar-refractivity contribution in [3.8, 4) is 6.07 Å². The third-order valence-corrected chi connectivity index (χ3v) is 3.28. The Hall–Kier alpha value is -1.87. The summed E-state index contributed by atoms with van der Waals surface area (Å²) >= 11 is 0. The maximum absolute atomic E-state index is 11.9. The van der Waals surface area contributed by atoms with Crippen molar-refractivity contribution in [2.24, 2.45) is 7.05 Å². The van der Waals surface area contributed by atoms with Crippen LogP contribution >= 0.6 is 0 Å². The van der Waals surface area contributed by atoms with Crippen molar-refractivity contribution in [1.29, 1.82) is 5.26 Å². The zero-order valence-electron chi connectivity index (χ0n) is 11.1. The first kappa shape index (κ1) is 13.6. The van der Waals surface area contributed by atoms with Crippen molar-refractivity contribution in [2.75, 3.05) is 11.9 Å². The van der Waals surface area contributed by atoms with E-state index >= 15 is 0 Å². The van der Waals surface area contributed by atoms with E-state index in [4.69, 9.17) is 10.00 Å². The molecule has 2 rings (SSSR count). The summed E-state index contributed by atoms with van der Waals surface area (Å²) in [6.07, 6.45) is 6.09. The highest BCUT2D eigenvalue weighted by atomic mass is 16.5. The lowest BCUT2D eigenvalue weighted by atomic mass is 10.0. The number of carbonyl (C=O) groups excluding carboxylic acids is 1. The van der Waals surface area contributed by atoms with Gasteiger partial charge in [0.15, 0.2) is 0 Å². The molecule has 6 nitrogen and oxygen atoms in total. The molecule has 0 aliphatic carbocycles. The Balaban J connectivity index is 1.84. The van der Waals surface area contributed by atoms with Gasteiger partial charge in [0.25, 0.3) is 0 Å². The Labute approximate surface area is 112 Å². The second-order valence-electron chi connectivity index (χ2n) is 4.72. The molecule has 0 radical (unpaired) electrons. The summed E-state index contributed by atoms with van der Waals surface area (Å²) in [5.74, 6) is 0.353. The summed E-state index contributed by atoms with van der Waals surface area (Å²) in [5.41, 5.74) is 0.379. The van der Waals surface area contributed by atoms with Gasteiger partial charge >= 0.3 is 0 Å². The van der Waals surface area contributed by atoms with Gasteiger partial charge in [-0.05, 0) is 25.7 Å². The minimum Gasteiger partial charge on any atom is -0.378 e. The van der Waals surface area contributed by atoms with Crippen LogP contribution in [0.5, 0.6) is 0 Å². The molecule has 1 amide bonds. The number of anilines is 1. The van der Waals surface area contributed by atoms with Gasteiger partial charge in [0.2, 0.25) is 5.91 Å². The molecule has 0 aromatic carbocycles. The van der Waals surface area contributed by atoms with Crippen molar-refractivity contribution in [1.82, 2.24) is 9.78 Å². The Bertz CT molecular complexity index is 483. The monoisotopic (exact) mass is 262 g/mol. The summed E-state index contributed by atoms with van der Waals surface area (Å²) in [6, 6.07) is 2.00. The standard InChI is InChI=1S/C13H18N4O2/c1-17-13(10(8-14)9-15-17)16-12(18)6-5-11-4-2-3-7-19-11/h9,11H,2-7H2,1H3,(H,16,18). The van der Waals surface area contributed by atoms with Crippen LogP contribution in [0.4, 0.5) is 5.82 Å². The van der Waals surface area contributed by atoms with Crippen LogP contribution < -0.4 is 5.32 Å². The Morgan fingerprint density at radius 3 is 3.21 bits per heavy atom. The lowest BCUT2D eigenvalue weighted by Gasteiger charge is -2.22. The maximum atomic E-state index is 11.9. The first-order valence-electron chi connectivity index (χ1n) is 6.54. The topological polar surface area (TPSA) is 79.9 Å². The number of rotatable bonds is 4. The molecule has 1 unspecified atom stereocenters. The van der Waals surface area contributed by atoms with Crippen LogP contribution in [0, 0.1) is 11.3 Å². The molecule has 19 heavy (non-hydrogen) atoms. The van der Waals surface area contributed by atoms with Crippen LogP contribution in [-0.4, -0.2) is 28.4 Å². The number of nitriles is 1. The molecule has 1 atom stereocenters. The second-order valence-corrected chi connectivity index (χ2v) is 4.72. The Morgan fingerprint density at radius 2 is 2.53 bits per heavy atom. The molecule has 1 aromatic rings. The second kappa shape index (κ2) is 6.34. The third kappa shape index (κ3) is 3.55. The van der Waals surface area contributed by atoms with E-state index in [9.17, 15) is 4.79 Å². The van der Waals surface area contributed by atoms with E-state index in [0.29, 0.717) is 17.8 Å². The summed E-state index contributed by atoms with van der Waals surface area (Å²) in [5, 5.41) is 15.6. The van der Waals surface area contributed by atoms with Crippen molar-refractivity contribution in [3.63, 3.8) is 0 Å². The quantitative estimate of drug-likeness (QED) is 0.893. The van der Waals surface area contributed by atoms with Crippen LogP contribution in [0.15, 0.2) is 6.20 Å². The SMILES string of the molecule is Cn1ncc(C#N)c1NC(=O)CCC1CCCCO1. The number of nitrogens with zero attached hydrogens (tertiary/aromatic N) is 3. The molecule has 1 aliphatic heterocycles. The number of aryl methyl sites for hydroxylation is 1. The van der Waals surface area contributed by atoms with E-state index in [1.165, 1.54) is 17.3 Å². The van der Waals surface area contributed by atoms with Gasteiger partial charge in [0.1, 0.15) is 17.5 Å². The molecule has 1 fully saturated rings. The minimum atomic E-state index is -0.103. The molecular formula is C13H18N4O2. The van der Waals surface area contributed by atoms with Gasteiger partial charge in [-0.3, -0.25) is 9.48 Å². The number of nitrogens with one attached hydrogen (secondary N) is 1. The predicted molar refractivity (Wildman–Crippen MR) is 69.4 cm³/mol. The lowest BCUT2D eigenvalue weighted by Crippen LogP contribution is -2.22. The highest BCUT2D eigenvalue weighted by Crippen LogP contribution is 2.18. The van der Waals surface area contributed by atoms with Crippen molar-refractivity contribution in [3.05, 3.63) is 11.8 Å². The van der Waals surface area contributed by atoms with Gasteiger partial charge in [-0.25, -0.2) is 0 Å². The number of amides is 1. The van der Waals surface area contributed by atoms with Gasteiger partial charge in [-0.15, -0.1) is 0 Å². The van der Waals surface area contributed by atoms with Crippen LogP contribution in [0.3, 0.4) is 0 Å². The summed E-state index contributed by atoms with van der Waals surface area (Å²) < 4.78 is 7.08. The smallest absolute Gasteiger partial charge is 0.225 e. The minimum absolute atomic E-state index is 0.103. The van der Waals surface area contributed by atoms with Crippen LogP contribution in [-0.2, 0) is 16.6 Å². The average Bonchev–Trinajstić information content (AvgIpc) is 2.78. The van der Waals surface area contributed by atoms with Crippen molar-refractivity contribution < 1.29 is 9.53 Å². The molecule has 1 aliphatic rings. The highest BCUT2D eigenvalue weighted by Gasteiger charge is 2.16. The maximum Gasteiger partial charge on any atom is 0.225 e. The normalized spacial score (nSPS) is 18.8. The fourth-order valence-corrected chi connectivity index (χ4v) is 2.19. The van der Waals surface area contributed by atoms with Gasteiger partial charge in [-0.2, -0.15) is 10.4 Å². The summed E-state index contributed by atoms with van der Waals surface area (Å²) in [6.45, 7) is 0.798. The largest absolute Gasteiger partial charge is 0.378 e. The number of ether oxygens (including phenoxy) is 1. The molecule has 102 valence electrons. The van der Waals surface area contributed by atoms with E-state index in [-0.39, 0.29) is 12.0 Å². The van der Waals surface area contributed by atoms with Crippen LogP contribution in [0.1, 0.15) is 37.7 Å². The number of hydrogen-bond donors (Lipinski definition) is 1. The van der Waals surface area contributed by atoms with E-state index in [1.54, 1.807) is 7.05 Å². The Morgan fingerprint density at radius 1 is 1.68 bits per heavy atom. The van der Waals surface area contributed by atoms with E-state index in [1.807, 2.05) is 6.07 Å². The van der Waals surface area contributed by atoms with Gasteiger partial charge in [0.05, 0.1) is 12.3 Å². The molecule has 6 heteroatoms. The zero-order chi connectivity index (χ0) is 13.7. The van der Waals surface area contributed by atoms with Crippen molar-refractivity contribution in [2.45, 2.75) is 38.2 Å². The first-order valence-corrected chi connectivity index (χ1v) is 6.54. The van der Waals surface area contributed by atoms with E-state index < -0.39 is 0 Å². The molecule has 1 N–H and O–H groups in total. The number of hydrogen-bond acceptors (Lipinski definition) is 4. The van der Waals surface area contributed by atoms with E-state index in [2.05, 4.69) is 10.4 Å². The van der Waals surface area contributed by atoms with Gasteiger partial charge < -0.3 is 10.1 Å². The highest BCUT2D eigenvalue weighted by molar-refractivity contribution is 5.91. The predicted octanol–water partition coefficient (Wildman–Crippen LogP) is 1.58. The molecule has 0 spiro atoms. The van der Waals surface area contributed by atoms with Gasteiger partial charge in [-0.1, -0.05) is 0 Å². The third-order valence-electron chi connectivity index (χ3n) is 3.28. The molecule has 0 bridgehead atoms. The Kier molecular flexibility index (Phi) is 4.53. The molecule has 2 heterocycles. The molecular weight excluding hydrogens is 244 g/mol.